The minimum Gasteiger partial charge on any atom is -0.492 e. The molecule has 0 bridgehead atoms. The van der Waals surface area contributed by atoms with Crippen LogP contribution in [-0.4, -0.2) is 50.4 Å². The minimum absolute atomic E-state index is 0.0548. The van der Waals surface area contributed by atoms with Gasteiger partial charge in [-0.15, -0.1) is 0 Å². The van der Waals surface area contributed by atoms with E-state index in [1.807, 2.05) is 65.8 Å². The maximum absolute atomic E-state index is 14.3. The molecule has 0 aliphatic heterocycles. The molecule has 0 unspecified atom stereocenters. The first kappa shape index (κ1) is 32.7. The lowest BCUT2D eigenvalue weighted by atomic mass is 10.1. The maximum Gasteiger partial charge on any atom is 0.264 e. The number of ether oxygens (including phenoxy) is 1. The number of rotatable bonds is 14. The summed E-state index contributed by atoms with van der Waals surface area (Å²) < 4.78 is 35.2. The number of anilines is 1. The van der Waals surface area contributed by atoms with Crippen molar-refractivity contribution in [3.05, 3.63) is 89.5 Å². The molecule has 8 nitrogen and oxygen atoms in total. The third-order valence-corrected chi connectivity index (χ3v) is 9.08. The molecule has 0 aliphatic carbocycles. The summed E-state index contributed by atoms with van der Waals surface area (Å²) >= 11 is 0. The molecule has 9 heteroatoms. The van der Waals surface area contributed by atoms with Crippen LogP contribution in [0.4, 0.5) is 5.69 Å². The summed E-state index contributed by atoms with van der Waals surface area (Å²) in [6.45, 7) is 11.3. The largest absolute Gasteiger partial charge is 0.492 e. The van der Waals surface area contributed by atoms with Crippen molar-refractivity contribution in [3.8, 4) is 5.75 Å². The number of carbonyl (C=O) groups excluding carboxylic acids is 2. The second-order valence-electron chi connectivity index (χ2n) is 10.4. The molecule has 0 fully saturated rings. The highest BCUT2D eigenvalue weighted by molar-refractivity contribution is 7.92. The first-order valence-corrected chi connectivity index (χ1v) is 15.9. The summed E-state index contributed by atoms with van der Waals surface area (Å²) in [6, 6.07) is 20.1. The monoisotopic (exact) mass is 593 g/mol. The van der Waals surface area contributed by atoms with Crippen LogP contribution in [0.3, 0.4) is 0 Å². The highest BCUT2D eigenvalue weighted by Crippen LogP contribution is 2.33. The van der Waals surface area contributed by atoms with Crippen molar-refractivity contribution in [2.75, 3.05) is 17.5 Å². The zero-order valence-electron chi connectivity index (χ0n) is 25.5. The predicted octanol–water partition coefficient (Wildman–Crippen LogP) is 5.62. The Labute approximate surface area is 250 Å². The van der Waals surface area contributed by atoms with Gasteiger partial charge in [0.25, 0.3) is 10.0 Å². The van der Waals surface area contributed by atoms with E-state index in [4.69, 9.17) is 4.74 Å². The van der Waals surface area contributed by atoms with Crippen LogP contribution in [0.15, 0.2) is 77.7 Å². The van der Waals surface area contributed by atoms with Crippen LogP contribution in [0.5, 0.6) is 5.75 Å². The molecule has 0 heterocycles. The second kappa shape index (κ2) is 14.9. The van der Waals surface area contributed by atoms with Gasteiger partial charge in [-0.25, -0.2) is 8.42 Å². The molecule has 42 heavy (non-hydrogen) atoms. The Morgan fingerprint density at radius 2 is 1.52 bits per heavy atom. The lowest BCUT2D eigenvalue weighted by molar-refractivity contribution is -0.140. The Hall–Kier alpha value is -3.85. The summed E-state index contributed by atoms with van der Waals surface area (Å²) in [6.07, 6.45) is 1.10. The lowest BCUT2D eigenvalue weighted by Crippen LogP contribution is -2.53. The van der Waals surface area contributed by atoms with Gasteiger partial charge in [0.15, 0.2) is 0 Å². The number of hydrogen-bond donors (Lipinski definition) is 1. The summed E-state index contributed by atoms with van der Waals surface area (Å²) in [5.74, 6) is -0.418. The van der Waals surface area contributed by atoms with Crippen molar-refractivity contribution >= 4 is 27.5 Å². The van der Waals surface area contributed by atoms with Crippen molar-refractivity contribution < 1.29 is 22.7 Å². The molecule has 2 atom stereocenters. The summed E-state index contributed by atoms with van der Waals surface area (Å²) in [7, 11) is -4.19. The number of nitrogens with zero attached hydrogens (tertiary/aromatic N) is 2. The first-order chi connectivity index (χ1) is 20.0. The predicted molar refractivity (Wildman–Crippen MR) is 167 cm³/mol. The number of benzene rings is 3. The number of aryl methyl sites for hydroxylation is 2. The van der Waals surface area contributed by atoms with Gasteiger partial charge in [-0.2, -0.15) is 0 Å². The van der Waals surface area contributed by atoms with Gasteiger partial charge in [-0.3, -0.25) is 13.9 Å². The van der Waals surface area contributed by atoms with Crippen LogP contribution in [0, 0.1) is 13.8 Å². The van der Waals surface area contributed by atoms with Crippen LogP contribution in [0.25, 0.3) is 0 Å². The van der Waals surface area contributed by atoms with Gasteiger partial charge >= 0.3 is 0 Å². The zero-order chi connectivity index (χ0) is 30.9. The number of para-hydroxylation sites is 2. The van der Waals surface area contributed by atoms with E-state index >= 15 is 0 Å². The van der Waals surface area contributed by atoms with Crippen molar-refractivity contribution in [2.45, 2.75) is 77.9 Å². The summed E-state index contributed by atoms with van der Waals surface area (Å²) in [5, 5.41) is 3.00. The fourth-order valence-electron chi connectivity index (χ4n) is 4.62. The van der Waals surface area contributed by atoms with E-state index in [9.17, 15) is 18.0 Å². The quantitative estimate of drug-likeness (QED) is 0.262. The van der Waals surface area contributed by atoms with Crippen molar-refractivity contribution in [3.63, 3.8) is 0 Å². The van der Waals surface area contributed by atoms with E-state index in [2.05, 4.69) is 5.32 Å². The van der Waals surface area contributed by atoms with Gasteiger partial charge in [0.2, 0.25) is 11.8 Å². The third-order valence-electron chi connectivity index (χ3n) is 7.31. The van der Waals surface area contributed by atoms with Crippen LogP contribution in [0.1, 0.15) is 57.2 Å². The molecule has 0 aromatic heterocycles. The number of nitrogens with one attached hydrogen (secondary N) is 1. The second-order valence-corrected chi connectivity index (χ2v) is 12.3. The lowest BCUT2D eigenvalue weighted by Gasteiger charge is -2.34. The highest BCUT2D eigenvalue weighted by atomic mass is 32.2. The fourth-order valence-corrected chi connectivity index (χ4v) is 6.05. The molecule has 0 aliphatic rings. The molecule has 0 saturated carbocycles. The van der Waals surface area contributed by atoms with Crippen molar-refractivity contribution in [1.29, 1.82) is 0 Å². The van der Waals surface area contributed by atoms with E-state index in [-0.39, 0.29) is 29.1 Å². The summed E-state index contributed by atoms with van der Waals surface area (Å²) in [5.41, 5.74) is 3.01. The van der Waals surface area contributed by atoms with Crippen LogP contribution < -0.4 is 14.4 Å². The van der Waals surface area contributed by atoms with Crippen LogP contribution in [-0.2, 0) is 26.2 Å². The number of hydrogen-bond acceptors (Lipinski definition) is 5. The SMILES string of the molecule is CCOc1ccccc1N(CC(=O)N(Cc1ccccc1C)[C@H](CC)C(=O)N[C@H](C)CC)S(=O)(=O)c1ccc(C)cc1. The van der Waals surface area contributed by atoms with Crippen molar-refractivity contribution in [2.24, 2.45) is 0 Å². The van der Waals surface area contributed by atoms with Crippen molar-refractivity contribution in [1.82, 2.24) is 10.2 Å². The van der Waals surface area contributed by atoms with Gasteiger partial charge in [-0.1, -0.05) is 67.9 Å². The average molecular weight is 594 g/mol. The molecule has 1 N–H and O–H groups in total. The van der Waals surface area contributed by atoms with E-state index in [0.29, 0.717) is 18.8 Å². The first-order valence-electron chi connectivity index (χ1n) is 14.5. The smallest absolute Gasteiger partial charge is 0.264 e. The van der Waals surface area contributed by atoms with Gasteiger partial charge in [0.1, 0.15) is 18.3 Å². The maximum atomic E-state index is 14.3. The van der Waals surface area contributed by atoms with Gasteiger partial charge in [0.05, 0.1) is 17.2 Å². The standard InChI is InChI=1S/C33H43N3O5S/c1-7-26(6)34-33(38)29(8-2)35(22-27-15-11-10-14-25(27)5)32(37)23-36(30-16-12-13-17-31(30)41-9-3)42(39,40)28-20-18-24(4)19-21-28/h10-21,26,29H,7-9,22-23H2,1-6H3,(H,34,38)/t26-,29-/m1/s1. The van der Waals surface area contributed by atoms with Gasteiger partial charge < -0.3 is 15.0 Å². The molecule has 0 spiro atoms. The topological polar surface area (TPSA) is 96.0 Å². The number of carbonyl (C=O) groups is 2. The molecule has 0 radical (unpaired) electrons. The number of sulfonamides is 1. The molecular formula is C33H43N3O5S. The Bertz CT molecular complexity index is 1460. The Morgan fingerprint density at radius 1 is 0.881 bits per heavy atom. The normalized spacial score (nSPS) is 12.7. The Morgan fingerprint density at radius 3 is 2.14 bits per heavy atom. The molecule has 3 aromatic carbocycles. The fraction of sp³-hybridized carbons (Fsp3) is 0.394. The van der Waals surface area contributed by atoms with Gasteiger partial charge in [0, 0.05) is 12.6 Å². The molecular weight excluding hydrogens is 550 g/mol. The molecule has 0 saturated heterocycles. The Balaban J connectivity index is 2.12. The van der Waals surface area contributed by atoms with E-state index < -0.39 is 28.5 Å². The van der Waals surface area contributed by atoms with E-state index in [1.54, 1.807) is 36.4 Å². The highest BCUT2D eigenvalue weighted by Gasteiger charge is 2.35. The molecule has 226 valence electrons. The van der Waals surface area contributed by atoms with E-state index in [1.165, 1.54) is 17.0 Å². The summed E-state index contributed by atoms with van der Waals surface area (Å²) in [4.78, 5) is 29.3. The van der Waals surface area contributed by atoms with Crippen LogP contribution >= 0.6 is 0 Å². The van der Waals surface area contributed by atoms with E-state index in [0.717, 1.165) is 27.4 Å². The third kappa shape index (κ3) is 7.91. The molecule has 2 amide bonds. The van der Waals surface area contributed by atoms with Crippen LogP contribution in [0.2, 0.25) is 0 Å². The Kier molecular flexibility index (Phi) is 11.6. The zero-order valence-corrected chi connectivity index (χ0v) is 26.3. The number of amides is 2. The average Bonchev–Trinajstić information content (AvgIpc) is 2.97. The minimum atomic E-state index is -4.19. The molecule has 3 aromatic rings. The van der Waals surface area contributed by atoms with Gasteiger partial charge in [-0.05, 0) is 75.9 Å². The molecule has 3 rings (SSSR count).